The average molecular weight is 166 g/mol. The highest BCUT2D eigenvalue weighted by Crippen LogP contribution is 1.99. The number of carboxylic acid groups (broad SMARTS) is 1. The monoisotopic (exact) mass is 166 g/mol. The van der Waals surface area contributed by atoms with Crippen LogP contribution in [0.15, 0.2) is 0 Å². The van der Waals surface area contributed by atoms with Gasteiger partial charge in [-0.25, -0.2) is 0 Å². The van der Waals surface area contributed by atoms with E-state index in [4.69, 9.17) is 0 Å². The van der Waals surface area contributed by atoms with Gasteiger partial charge in [0.25, 0.3) is 0 Å². The second kappa shape index (κ2) is 4.07. The Kier molecular flexibility index (Phi) is 3.74. The second-order valence-electron chi connectivity index (χ2n) is 1.54. The molecule has 0 spiro atoms. The molecule has 0 amide bonds. The molecule has 0 aromatic rings. The van der Waals surface area contributed by atoms with E-state index in [1.165, 1.54) is 0 Å². The number of carboxylic acids is 1. The molecule has 1 atom stereocenters. The zero-order valence-corrected chi connectivity index (χ0v) is 5.80. The third kappa shape index (κ3) is 4.10. The van der Waals surface area contributed by atoms with Gasteiger partial charge in [-0.3, -0.25) is 10.1 Å². The van der Waals surface area contributed by atoms with Crippen molar-refractivity contribution in [3.63, 3.8) is 0 Å². The summed E-state index contributed by atoms with van der Waals surface area (Å²) in [5, 5.41) is 19.6. The average Bonchev–Trinajstić information content (AvgIpc) is 1.82. The smallest absolute Gasteiger partial charge is 0.234 e. The first-order chi connectivity index (χ1) is 4.54. The summed E-state index contributed by atoms with van der Waals surface area (Å²) < 4.78 is -0.666. The van der Waals surface area contributed by atoms with Gasteiger partial charge in [-0.15, -0.1) is 0 Å². The molecular weight excluding hydrogens is 160 g/mol. The Morgan fingerprint density at radius 2 is 2.30 bits per heavy atom. The maximum Gasteiger partial charge on any atom is 0.234 e. The Morgan fingerprint density at radius 3 is 2.60 bits per heavy atom. The molecule has 3 N–H and O–H groups in total. The zero-order valence-electron chi connectivity index (χ0n) is 4.98. The quantitative estimate of drug-likeness (QED) is 0.277. The normalized spacial score (nSPS) is 12.5. The highest BCUT2D eigenvalue weighted by atomic mass is 32.2. The summed E-state index contributed by atoms with van der Waals surface area (Å²) in [4.78, 5) is 19.6. The molecule has 0 aliphatic rings. The minimum absolute atomic E-state index is 0.157. The first kappa shape index (κ1) is 9.18. The summed E-state index contributed by atoms with van der Waals surface area (Å²) >= 11 is 0.307. The number of nitrogens with zero attached hydrogens (tertiary/aromatic N) is 1. The summed E-state index contributed by atoms with van der Waals surface area (Å²) in [6.07, 6.45) is 0. The molecule has 58 valence electrons. The van der Waals surface area contributed by atoms with Crippen molar-refractivity contribution in [2.24, 2.45) is 0 Å². The van der Waals surface area contributed by atoms with E-state index in [2.05, 4.69) is 5.73 Å². The number of aliphatic carboxylic acids is 1. The van der Waals surface area contributed by atoms with Crippen LogP contribution in [0.3, 0.4) is 0 Å². The fourth-order valence-electron chi connectivity index (χ4n) is 0.219. The molecule has 0 fully saturated rings. The van der Waals surface area contributed by atoms with Crippen molar-refractivity contribution in [3.8, 4) is 0 Å². The minimum Gasteiger partial charge on any atom is -0.544 e. The molecular formula is C3H6N2O4S. The van der Waals surface area contributed by atoms with Crippen LogP contribution in [0.4, 0.5) is 0 Å². The largest absolute Gasteiger partial charge is 0.544 e. The highest BCUT2D eigenvalue weighted by molar-refractivity contribution is 7.93. The molecule has 0 aliphatic carbocycles. The number of rotatable bonds is 4. The van der Waals surface area contributed by atoms with Crippen molar-refractivity contribution in [3.05, 3.63) is 10.1 Å². The van der Waals surface area contributed by atoms with Crippen molar-refractivity contribution in [1.29, 1.82) is 0 Å². The molecule has 1 unspecified atom stereocenters. The van der Waals surface area contributed by atoms with Crippen LogP contribution in [-0.4, -0.2) is 22.1 Å². The third-order valence-electron chi connectivity index (χ3n) is 0.714. The molecule has 0 heterocycles. The van der Waals surface area contributed by atoms with Gasteiger partial charge in [-0.1, -0.05) is 0 Å². The topological polar surface area (TPSA) is 111 Å². The van der Waals surface area contributed by atoms with E-state index in [1.54, 1.807) is 0 Å². The van der Waals surface area contributed by atoms with Crippen LogP contribution in [0.1, 0.15) is 0 Å². The second-order valence-corrected chi connectivity index (χ2v) is 2.43. The van der Waals surface area contributed by atoms with E-state index in [9.17, 15) is 20.0 Å². The van der Waals surface area contributed by atoms with Crippen LogP contribution in [-0.2, 0) is 4.79 Å². The van der Waals surface area contributed by atoms with Gasteiger partial charge in [0.15, 0.2) is 0 Å². The number of hydrogen-bond donors (Lipinski definition) is 1. The number of quaternary nitrogens is 1. The van der Waals surface area contributed by atoms with Gasteiger partial charge >= 0.3 is 0 Å². The van der Waals surface area contributed by atoms with Crippen LogP contribution in [0.2, 0.25) is 0 Å². The number of carbonyl (C=O) groups excluding carboxylic acids is 1. The van der Waals surface area contributed by atoms with E-state index >= 15 is 0 Å². The minimum atomic E-state index is -1.37. The van der Waals surface area contributed by atoms with Gasteiger partial charge in [0.1, 0.15) is 22.1 Å². The van der Waals surface area contributed by atoms with Crippen molar-refractivity contribution in [1.82, 2.24) is 0 Å². The lowest BCUT2D eigenvalue weighted by molar-refractivity contribution is -0.432. The highest BCUT2D eigenvalue weighted by Gasteiger charge is 2.12. The Labute approximate surface area is 60.7 Å². The van der Waals surface area contributed by atoms with Crippen LogP contribution in [0, 0.1) is 10.1 Å². The summed E-state index contributed by atoms with van der Waals surface area (Å²) in [5.41, 5.74) is 3.12. The summed E-state index contributed by atoms with van der Waals surface area (Å²) in [7, 11) is 0. The van der Waals surface area contributed by atoms with Gasteiger partial charge in [-0.2, -0.15) is 0 Å². The van der Waals surface area contributed by atoms with Crippen molar-refractivity contribution in [2.75, 3.05) is 5.75 Å². The van der Waals surface area contributed by atoms with Crippen LogP contribution < -0.4 is 10.8 Å². The lowest BCUT2D eigenvalue weighted by atomic mass is 10.4. The summed E-state index contributed by atoms with van der Waals surface area (Å²) in [6, 6.07) is -1.02. The van der Waals surface area contributed by atoms with Crippen LogP contribution in [0.5, 0.6) is 0 Å². The van der Waals surface area contributed by atoms with Crippen molar-refractivity contribution >= 4 is 17.9 Å². The lowest BCUT2D eigenvalue weighted by Crippen LogP contribution is -2.69. The van der Waals surface area contributed by atoms with Gasteiger partial charge in [0.2, 0.25) is 11.9 Å². The molecule has 6 nitrogen and oxygen atoms in total. The van der Waals surface area contributed by atoms with Crippen LogP contribution in [0.25, 0.3) is 0 Å². The summed E-state index contributed by atoms with van der Waals surface area (Å²) in [6.45, 7) is 0. The zero-order chi connectivity index (χ0) is 8.15. The Balaban J connectivity index is 3.49. The Hall–Kier alpha value is -0.820. The molecule has 0 saturated carbocycles. The molecule has 0 aromatic heterocycles. The Morgan fingerprint density at radius 1 is 1.80 bits per heavy atom. The molecule has 0 aromatic carbocycles. The van der Waals surface area contributed by atoms with Gasteiger partial charge in [0.05, 0.1) is 0 Å². The first-order valence-corrected chi connectivity index (χ1v) is 3.29. The van der Waals surface area contributed by atoms with E-state index in [0.29, 0.717) is 11.9 Å². The maximum absolute atomic E-state index is 9.90. The molecule has 0 saturated heterocycles. The van der Waals surface area contributed by atoms with E-state index in [0.717, 1.165) is 0 Å². The standard InChI is InChI=1S/C3H6N2O4S/c4-2(3(6)7)1-10-5(8)9/h2H,1,4H2,(H,6,7). The van der Waals surface area contributed by atoms with Crippen LogP contribution >= 0.6 is 11.9 Å². The van der Waals surface area contributed by atoms with Gasteiger partial charge in [-0.05, 0) is 0 Å². The Bertz CT molecular complexity index is 149. The van der Waals surface area contributed by atoms with Gasteiger partial charge < -0.3 is 15.6 Å². The molecule has 0 radical (unpaired) electrons. The first-order valence-electron chi connectivity index (χ1n) is 2.35. The van der Waals surface area contributed by atoms with E-state index < -0.39 is 16.3 Å². The van der Waals surface area contributed by atoms with Gasteiger partial charge in [0, 0.05) is 0 Å². The van der Waals surface area contributed by atoms with Crippen molar-refractivity contribution in [2.45, 2.75) is 6.04 Å². The SMILES string of the molecule is [NH3+]C(CS[N+](=O)[O-])C(=O)[O-]. The summed E-state index contributed by atoms with van der Waals surface area (Å²) in [5.74, 6) is -1.52. The molecule has 0 bridgehead atoms. The van der Waals surface area contributed by atoms with E-state index in [-0.39, 0.29) is 5.75 Å². The molecule has 0 rings (SSSR count). The lowest BCUT2D eigenvalue weighted by Gasteiger charge is -2.03. The predicted octanol–water partition coefficient (Wildman–Crippen LogP) is -2.73. The number of nitro groups is 1. The fourth-order valence-corrected chi connectivity index (χ4v) is 0.657. The van der Waals surface area contributed by atoms with E-state index in [1.807, 2.05) is 0 Å². The third-order valence-corrected chi connectivity index (χ3v) is 1.48. The molecule has 7 heteroatoms. The predicted molar refractivity (Wildman–Crippen MR) is 31.1 cm³/mol. The molecule has 0 aliphatic heterocycles. The van der Waals surface area contributed by atoms with Crippen molar-refractivity contribution < 1.29 is 20.0 Å². The fraction of sp³-hybridized carbons (Fsp3) is 0.667. The molecule has 10 heavy (non-hydrogen) atoms. The number of carbonyl (C=O) groups is 1. The number of hydrogen-bond acceptors (Lipinski definition) is 5. The maximum atomic E-state index is 9.90.